The van der Waals surface area contributed by atoms with Crippen molar-refractivity contribution in [2.75, 3.05) is 18.5 Å². The zero-order valence-electron chi connectivity index (χ0n) is 12.4. The second kappa shape index (κ2) is 6.15. The number of halogens is 1. The van der Waals surface area contributed by atoms with E-state index in [4.69, 9.17) is 11.6 Å². The monoisotopic (exact) mass is 280 g/mol. The van der Waals surface area contributed by atoms with Crippen molar-refractivity contribution in [1.29, 1.82) is 0 Å². The minimum Gasteiger partial charge on any atom is -0.368 e. The van der Waals surface area contributed by atoms with Crippen molar-refractivity contribution in [3.05, 3.63) is 28.8 Å². The quantitative estimate of drug-likeness (QED) is 0.902. The molecule has 1 aliphatic rings. The Labute approximate surface area is 122 Å². The van der Waals surface area contributed by atoms with Gasteiger partial charge in [0.15, 0.2) is 0 Å². The maximum atomic E-state index is 6.21. The number of hydrogen-bond donors (Lipinski definition) is 1. The fourth-order valence-electron chi connectivity index (χ4n) is 3.18. The average Bonchev–Trinajstić information content (AvgIpc) is 2.36. The van der Waals surface area contributed by atoms with Crippen LogP contribution in [0.15, 0.2) is 18.2 Å². The Morgan fingerprint density at radius 2 is 2.05 bits per heavy atom. The summed E-state index contributed by atoms with van der Waals surface area (Å²) in [5, 5.41) is 4.08. The molecule has 1 aromatic carbocycles. The molecule has 0 saturated carbocycles. The summed E-state index contributed by atoms with van der Waals surface area (Å²) in [4.78, 5) is 2.54. The third-order valence-electron chi connectivity index (χ3n) is 4.32. The van der Waals surface area contributed by atoms with Crippen LogP contribution < -0.4 is 10.2 Å². The first-order chi connectivity index (χ1) is 9.02. The molecule has 1 N–H and O–H groups in total. The number of anilines is 1. The highest BCUT2D eigenvalue weighted by Crippen LogP contribution is 2.34. The summed E-state index contributed by atoms with van der Waals surface area (Å²) in [6, 6.07) is 6.82. The molecule has 0 bridgehead atoms. The molecule has 1 saturated heterocycles. The standard InChI is InChI=1S/C16H25ClN2/c1-11-7-12(2)13(3)19(10-11)16-8-15(17)6-5-14(16)9-18-4/h5-6,8,11-13,18H,7,9-10H2,1-4H3. The van der Waals surface area contributed by atoms with Crippen molar-refractivity contribution in [2.24, 2.45) is 11.8 Å². The van der Waals surface area contributed by atoms with Crippen molar-refractivity contribution in [3.8, 4) is 0 Å². The first-order valence-corrected chi connectivity index (χ1v) is 7.60. The molecule has 1 aliphatic heterocycles. The average molecular weight is 281 g/mol. The van der Waals surface area contributed by atoms with E-state index in [1.54, 1.807) is 0 Å². The van der Waals surface area contributed by atoms with E-state index in [1.165, 1.54) is 17.7 Å². The van der Waals surface area contributed by atoms with Crippen molar-refractivity contribution in [1.82, 2.24) is 5.32 Å². The zero-order chi connectivity index (χ0) is 14.0. The van der Waals surface area contributed by atoms with E-state index in [0.717, 1.165) is 29.9 Å². The molecule has 3 atom stereocenters. The molecule has 1 heterocycles. The van der Waals surface area contributed by atoms with Crippen LogP contribution in [0.5, 0.6) is 0 Å². The summed E-state index contributed by atoms with van der Waals surface area (Å²) in [6.45, 7) is 9.05. The summed E-state index contributed by atoms with van der Waals surface area (Å²) in [7, 11) is 1.99. The molecule has 3 heteroatoms. The van der Waals surface area contributed by atoms with Gasteiger partial charge in [0.25, 0.3) is 0 Å². The summed E-state index contributed by atoms with van der Waals surface area (Å²) in [5.41, 5.74) is 2.63. The lowest BCUT2D eigenvalue weighted by Crippen LogP contribution is -2.46. The summed E-state index contributed by atoms with van der Waals surface area (Å²) in [6.07, 6.45) is 1.32. The van der Waals surface area contributed by atoms with Crippen molar-refractivity contribution >= 4 is 17.3 Å². The maximum Gasteiger partial charge on any atom is 0.0429 e. The Kier molecular flexibility index (Phi) is 4.75. The first-order valence-electron chi connectivity index (χ1n) is 7.22. The highest BCUT2D eigenvalue weighted by atomic mass is 35.5. The normalized spacial score (nSPS) is 27.6. The molecule has 2 nitrogen and oxygen atoms in total. The zero-order valence-corrected chi connectivity index (χ0v) is 13.2. The molecule has 0 amide bonds. The van der Waals surface area contributed by atoms with Gasteiger partial charge in [-0.1, -0.05) is 31.5 Å². The molecule has 0 spiro atoms. The van der Waals surface area contributed by atoms with Crippen LogP contribution in [0.3, 0.4) is 0 Å². The molecule has 2 rings (SSSR count). The number of nitrogens with zero attached hydrogens (tertiary/aromatic N) is 1. The number of hydrogen-bond acceptors (Lipinski definition) is 2. The van der Waals surface area contributed by atoms with Crippen LogP contribution in [-0.4, -0.2) is 19.6 Å². The van der Waals surface area contributed by atoms with Gasteiger partial charge in [-0.15, -0.1) is 0 Å². The fourth-order valence-corrected chi connectivity index (χ4v) is 3.34. The third-order valence-corrected chi connectivity index (χ3v) is 4.56. The van der Waals surface area contributed by atoms with Gasteiger partial charge >= 0.3 is 0 Å². The van der Waals surface area contributed by atoms with E-state index in [1.807, 2.05) is 13.1 Å². The van der Waals surface area contributed by atoms with E-state index < -0.39 is 0 Å². The van der Waals surface area contributed by atoms with Gasteiger partial charge in [-0.2, -0.15) is 0 Å². The highest BCUT2D eigenvalue weighted by molar-refractivity contribution is 6.30. The molecule has 3 unspecified atom stereocenters. The van der Waals surface area contributed by atoms with Crippen molar-refractivity contribution < 1.29 is 0 Å². The molecule has 1 fully saturated rings. The second-order valence-corrected chi connectivity index (χ2v) is 6.45. The molecular formula is C16H25ClN2. The van der Waals surface area contributed by atoms with Gasteiger partial charge < -0.3 is 10.2 Å². The lowest BCUT2D eigenvalue weighted by molar-refractivity contribution is 0.296. The second-order valence-electron chi connectivity index (χ2n) is 6.01. The van der Waals surface area contributed by atoms with Crippen LogP contribution in [0.1, 0.15) is 32.8 Å². The van der Waals surface area contributed by atoms with Crippen LogP contribution in [0.4, 0.5) is 5.69 Å². The first kappa shape index (κ1) is 14.7. The molecule has 106 valence electrons. The van der Waals surface area contributed by atoms with Gasteiger partial charge in [-0.25, -0.2) is 0 Å². The number of rotatable bonds is 3. The molecule has 19 heavy (non-hydrogen) atoms. The lowest BCUT2D eigenvalue weighted by atomic mass is 9.85. The van der Waals surface area contributed by atoms with Crippen molar-refractivity contribution in [2.45, 2.75) is 39.8 Å². The maximum absolute atomic E-state index is 6.21. The fraction of sp³-hybridized carbons (Fsp3) is 0.625. The van der Waals surface area contributed by atoms with Crippen LogP contribution in [0.2, 0.25) is 5.02 Å². The van der Waals surface area contributed by atoms with Crippen molar-refractivity contribution in [3.63, 3.8) is 0 Å². The van der Waals surface area contributed by atoms with Gasteiger partial charge in [-0.05, 0) is 49.9 Å². The SMILES string of the molecule is CNCc1ccc(Cl)cc1N1CC(C)CC(C)C1C. The summed E-state index contributed by atoms with van der Waals surface area (Å²) < 4.78 is 0. The minimum atomic E-state index is 0.574. The summed E-state index contributed by atoms with van der Waals surface area (Å²) in [5.74, 6) is 1.47. The van der Waals surface area contributed by atoms with Gasteiger partial charge in [0.1, 0.15) is 0 Å². The number of nitrogens with one attached hydrogen (secondary N) is 1. The van der Waals surface area contributed by atoms with E-state index >= 15 is 0 Å². The number of piperidine rings is 1. The van der Waals surface area contributed by atoms with Crippen LogP contribution in [-0.2, 0) is 6.54 Å². The predicted octanol–water partition coefficient (Wildman–Crippen LogP) is 3.93. The van der Waals surface area contributed by atoms with E-state index in [9.17, 15) is 0 Å². The smallest absolute Gasteiger partial charge is 0.0429 e. The van der Waals surface area contributed by atoms with E-state index in [2.05, 4.69) is 43.1 Å². The Morgan fingerprint density at radius 1 is 1.32 bits per heavy atom. The highest BCUT2D eigenvalue weighted by Gasteiger charge is 2.29. The minimum absolute atomic E-state index is 0.574. The lowest BCUT2D eigenvalue weighted by Gasteiger charge is -2.43. The largest absolute Gasteiger partial charge is 0.368 e. The molecule has 1 aromatic rings. The Balaban J connectivity index is 2.35. The van der Waals surface area contributed by atoms with Gasteiger partial charge in [0.05, 0.1) is 0 Å². The van der Waals surface area contributed by atoms with Gasteiger partial charge in [0, 0.05) is 29.8 Å². The number of benzene rings is 1. The van der Waals surface area contributed by atoms with Gasteiger partial charge in [0.2, 0.25) is 0 Å². The summed E-state index contributed by atoms with van der Waals surface area (Å²) >= 11 is 6.21. The molecule has 0 aromatic heterocycles. The molecule has 0 aliphatic carbocycles. The Bertz CT molecular complexity index is 433. The Morgan fingerprint density at radius 3 is 2.74 bits per heavy atom. The topological polar surface area (TPSA) is 15.3 Å². The van der Waals surface area contributed by atoms with Gasteiger partial charge in [-0.3, -0.25) is 0 Å². The van der Waals surface area contributed by atoms with Crippen LogP contribution in [0, 0.1) is 11.8 Å². The van der Waals surface area contributed by atoms with E-state index in [0.29, 0.717) is 6.04 Å². The molecule has 0 radical (unpaired) electrons. The third kappa shape index (κ3) is 3.24. The predicted molar refractivity (Wildman–Crippen MR) is 84.0 cm³/mol. The van der Waals surface area contributed by atoms with Crippen LogP contribution in [0.25, 0.3) is 0 Å². The van der Waals surface area contributed by atoms with E-state index in [-0.39, 0.29) is 0 Å². The Hall–Kier alpha value is -0.730. The van der Waals surface area contributed by atoms with Crippen LogP contribution >= 0.6 is 11.6 Å². The molecular weight excluding hydrogens is 256 g/mol.